The first-order valence-corrected chi connectivity index (χ1v) is 6.97. The molecular weight excluding hydrogens is 248 g/mol. The van der Waals surface area contributed by atoms with Crippen LogP contribution in [0.15, 0.2) is 36.4 Å². The van der Waals surface area contributed by atoms with Gasteiger partial charge in [-0.05, 0) is 62.1 Å². The van der Waals surface area contributed by atoms with Crippen LogP contribution in [0.5, 0.6) is 11.5 Å². The van der Waals surface area contributed by atoms with Crippen LogP contribution in [0.4, 0.5) is 0 Å². The third-order valence-electron chi connectivity index (χ3n) is 3.71. The molecule has 0 saturated heterocycles. The molecule has 0 aliphatic carbocycles. The van der Waals surface area contributed by atoms with Crippen molar-refractivity contribution in [1.29, 1.82) is 0 Å². The minimum absolute atomic E-state index is 0.553. The highest BCUT2D eigenvalue weighted by Gasteiger charge is 2.03. The smallest absolute Gasteiger partial charge is 0.122 e. The minimum Gasteiger partial charge on any atom is -0.490 e. The molecule has 20 heavy (non-hydrogen) atoms. The molecule has 2 nitrogen and oxygen atoms in total. The minimum atomic E-state index is 0.553. The maximum absolute atomic E-state index is 5.78. The van der Waals surface area contributed by atoms with E-state index in [9.17, 15) is 0 Å². The summed E-state index contributed by atoms with van der Waals surface area (Å²) in [5, 5.41) is 0. The van der Waals surface area contributed by atoms with Gasteiger partial charge in [0.1, 0.15) is 24.7 Å². The summed E-state index contributed by atoms with van der Waals surface area (Å²) in [7, 11) is 0. The first-order valence-electron chi connectivity index (χ1n) is 6.97. The second-order valence-corrected chi connectivity index (χ2v) is 5.09. The van der Waals surface area contributed by atoms with Gasteiger partial charge in [-0.15, -0.1) is 0 Å². The molecule has 0 aliphatic heterocycles. The average Bonchev–Trinajstić information content (AvgIpc) is 2.43. The van der Waals surface area contributed by atoms with E-state index in [-0.39, 0.29) is 0 Å². The Kier molecular flexibility index (Phi) is 4.67. The van der Waals surface area contributed by atoms with Gasteiger partial charge >= 0.3 is 0 Å². The first-order chi connectivity index (χ1) is 9.59. The summed E-state index contributed by atoms with van der Waals surface area (Å²) in [6.07, 6.45) is 0. The van der Waals surface area contributed by atoms with Crippen LogP contribution in [0.1, 0.15) is 22.3 Å². The molecule has 0 spiro atoms. The average molecular weight is 270 g/mol. The normalized spacial score (nSPS) is 10.4. The van der Waals surface area contributed by atoms with Gasteiger partial charge < -0.3 is 9.47 Å². The summed E-state index contributed by atoms with van der Waals surface area (Å²) in [4.78, 5) is 0. The van der Waals surface area contributed by atoms with E-state index in [1.54, 1.807) is 0 Å². The Morgan fingerprint density at radius 1 is 0.650 bits per heavy atom. The van der Waals surface area contributed by atoms with Crippen LogP contribution < -0.4 is 9.47 Å². The van der Waals surface area contributed by atoms with Crippen LogP contribution in [0.25, 0.3) is 0 Å². The van der Waals surface area contributed by atoms with Crippen molar-refractivity contribution in [3.8, 4) is 11.5 Å². The Labute approximate surface area is 121 Å². The molecule has 0 radical (unpaired) electrons. The van der Waals surface area contributed by atoms with Gasteiger partial charge in [0.05, 0.1) is 0 Å². The van der Waals surface area contributed by atoms with Crippen LogP contribution in [-0.2, 0) is 0 Å². The van der Waals surface area contributed by atoms with E-state index in [2.05, 4.69) is 39.8 Å². The van der Waals surface area contributed by atoms with Crippen molar-refractivity contribution in [2.45, 2.75) is 27.7 Å². The van der Waals surface area contributed by atoms with Crippen molar-refractivity contribution in [2.24, 2.45) is 0 Å². The lowest BCUT2D eigenvalue weighted by Gasteiger charge is -2.13. The number of aryl methyl sites for hydroxylation is 2. The van der Waals surface area contributed by atoms with Gasteiger partial charge in [0.2, 0.25) is 0 Å². The first kappa shape index (κ1) is 14.4. The second kappa shape index (κ2) is 6.47. The van der Waals surface area contributed by atoms with Crippen molar-refractivity contribution in [3.63, 3.8) is 0 Å². The zero-order chi connectivity index (χ0) is 14.5. The number of hydrogen-bond acceptors (Lipinski definition) is 2. The Morgan fingerprint density at radius 2 is 1.05 bits per heavy atom. The largest absolute Gasteiger partial charge is 0.490 e. The summed E-state index contributed by atoms with van der Waals surface area (Å²) >= 11 is 0. The van der Waals surface area contributed by atoms with Gasteiger partial charge in [-0.3, -0.25) is 0 Å². The standard InChI is InChI=1S/C18H22O2/c1-13-7-5-9-17(15(13)3)19-11-12-20-18-10-6-8-14(2)16(18)4/h5-10H,11-12H2,1-4H3. The second-order valence-electron chi connectivity index (χ2n) is 5.09. The van der Waals surface area contributed by atoms with Gasteiger partial charge in [-0.1, -0.05) is 24.3 Å². The van der Waals surface area contributed by atoms with Crippen LogP contribution >= 0.6 is 0 Å². The Morgan fingerprint density at radius 3 is 1.45 bits per heavy atom. The van der Waals surface area contributed by atoms with Crippen LogP contribution in [0.3, 0.4) is 0 Å². The SMILES string of the molecule is Cc1cccc(OCCOc2cccc(C)c2C)c1C. The van der Waals surface area contributed by atoms with E-state index in [0.29, 0.717) is 13.2 Å². The molecule has 0 aromatic heterocycles. The molecule has 0 unspecified atom stereocenters. The Bertz CT molecular complexity index is 534. The van der Waals surface area contributed by atoms with E-state index in [1.807, 2.05) is 24.3 Å². The summed E-state index contributed by atoms with van der Waals surface area (Å²) in [5.74, 6) is 1.88. The van der Waals surface area contributed by atoms with Crippen LogP contribution in [-0.4, -0.2) is 13.2 Å². The summed E-state index contributed by atoms with van der Waals surface area (Å²) in [6, 6.07) is 12.2. The Balaban J connectivity index is 1.88. The van der Waals surface area contributed by atoms with Crippen molar-refractivity contribution in [1.82, 2.24) is 0 Å². The summed E-state index contributed by atoms with van der Waals surface area (Å²) < 4.78 is 11.6. The van der Waals surface area contributed by atoms with E-state index < -0.39 is 0 Å². The number of ether oxygens (including phenoxy) is 2. The molecule has 0 fully saturated rings. The molecule has 0 amide bonds. The monoisotopic (exact) mass is 270 g/mol. The lowest BCUT2D eigenvalue weighted by molar-refractivity contribution is 0.215. The fraction of sp³-hybridized carbons (Fsp3) is 0.333. The van der Waals surface area contributed by atoms with Gasteiger partial charge in [0.15, 0.2) is 0 Å². The molecule has 0 saturated carbocycles. The molecular formula is C18H22O2. The highest BCUT2D eigenvalue weighted by Crippen LogP contribution is 2.22. The van der Waals surface area contributed by atoms with Gasteiger partial charge in [0.25, 0.3) is 0 Å². The van der Waals surface area contributed by atoms with E-state index in [1.165, 1.54) is 22.3 Å². The zero-order valence-corrected chi connectivity index (χ0v) is 12.7. The van der Waals surface area contributed by atoms with E-state index >= 15 is 0 Å². The molecule has 0 atom stereocenters. The van der Waals surface area contributed by atoms with Gasteiger partial charge in [-0.25, -0.2) is 0 Å². The zero-order valence-electron chi connectivity index (χ0n) is 12.7. The fourth-order valence-corrected chi connectivity index (χ4v) is 2.06. The summed E-state index contributed by atoms with van der Waals surface area (Å²) in [5.41, 5.74) is 4.88. The quantitative estimate of drug-likeness (QED) is 0.751. The van der Waals surface area contributed by atoms with Crippen molar-refractivity contribution >= 4 is 0 Å². The van der Waals surface area contributed by atoms with Crippen molar-refractivity contribution in [2.75, 3.05) is 13.2 Å². The van der Waals surface area contributed by atoms with Crippen molar-refractivity contribution in [3.05, 3.63) is 58.7 Å². The third kappa shape index (κ3) is 3.32. The predicted molar refractivity (Wildman–Crippen MR) is 82.8 cm³/mol. The van der Waals surface area contributed by atoms with Crippen molar-refractivity contribution < 1.29 is 9.47 Å². The summed E-state index contributed by atoms with van der Waals surface area (Å²) in [6.45, 7) is 9.45. The Hall–Kier alpha value is -1.96. The van der Waals surface area contributed by atoms with Crippen LogP contribution in [0.2, 0.25) is 0 Å². The molecule has 0 bridgehead atoms. The molecule has 2 heteroatoms. The highest BCUT2D eigenvalue weighted by atomic mass is 16.5. The highest BCUT2D eigenvalue weighted by molar-refractivity contribution is 5.39. The predicted octanol–water partition coefficient (Wildman–Crippen LogP) is 4.38. The lowest BCUT2D eigenvalue weighted by atomic mass is 10.1. The van der Waals surface area contributed by atoms with Gasteiger partial charge in [-0.2, -0.15) is 0 Å². The molecule has 0 N–H and O–H groups in total. The van der Waals surface area contributed by atoms with E-state index in [0.717, 1.165) is 11.5 Å². The molecule has 0 heterocycles. The number of benzene rings is 2. The number of rotatable bonds is 5. The maximum Gasteiger partial charge on any atom is 0.122 e. The van der Waals surface area contributed by atoms with E-state index in [4.69, 9.17) is 9.47 Å². The topological polar surface area (TPSA) is 18.5 Å². The lowest BCUT2D eigenvalue weighted by Crippen LogP contribution is -2.10. The molecule has 0 aliphatic rings. The molecule has 2 rings (SSSR count). The number of hydrogen-bond donors (Lipinski definition) is 0. The maximum atomic E-state index is 5.78. The fourth-order valence-electron chi connectivity index (χ4n) is 2.06. The van der Waals surface area contributed by atoms with Crippen LogP contribution in [0, 0.1) is 27.7 Å². The molecule has 2 aromatic carbocycles. The third-order valence-corrected chi connectivity index (χ3v) is 3.71. The molecule has 2 aromatic rings. The van der Waals surface area contributed by atoms with Gasteiger partial charge in [0, 0.05) is 0 Å². The molecule has 106 valence electrons.